The molecule has 0 radical (unpaired) electrons. The minimum Gasteiger partial charge on any atom is -0.181 e. The summed E-state index contributed by atoms with van der Waals surface area (Å²) < 4.78 is 1.81. The van der Waals surface area contributed by atoms with Crippen LogP contribution in [-0.2, 0) is 0 Å². The van der Waals surface area contributed by atoms with Gasteiger partial charge in [-0.3, -0.25) is 0 Å². The van der Waals surface area contributed by atoms with E-state index in [1.54, 1.807) is 11.3 Å². The molecule has 0 fully saturated rings. The van der Waals surface area contributed by atoms with Gasteiger partial charge in [0.25, 0.3) is 0 Å². The van der Waals surface area contributed by atoms with Gasteiger partial charge in [0.1, 0.15) is 5.01 Å². The van der Waals surface area contributed by atoms with Crippen LogP contribution in [0.2, 0.25) is 0 Å². The Bertz CT molecular complexity index is 931. The summed E-state index contributed by atoms with van der Waals surface area (Å²) in [4.78, 5) is 1.89. The SMILES string of the molecule is Cc1ccc(/C=C/c2nn3c(-c4cccs4)nnc3s2)cc1. The zero-order chi connectivity index (χ0) is 14.9. The van der Waals surface area contributed by atoms with Crippen LogP contribution in [0, 0.1) is 6.92 Å². The normalized spacial score (nSPS) is 11.7. The van der Waals surface area contributed by atoms with Gasteiger partial charge >= 0.3 is 0 Å². The fourth-order valence-corrected chi connectivity index (χ4v) is 3.54. The summed E-state index contributed by atoms with van der Waals surface area (Å²) in [5.74, 6) is 0.802. The molecule has 0 spiro atoms. The second-order valence-electron chi connectivity index (χ2n) is 4.88. The highest BCUT2D eigenvalue weighted by molar-refractivity contribution is 7.17. The number of hydrogen-bond acceptors (Lipinski definition) is 5. The van der Waals surface area contributed by atoms with Crippen LogP contribution < -0.4 is 0 Å². The van der Waals surface area contributed by atoms with Crippen molar-refractivity contribution in [2.24, 2.45) is 0 Å². The molecule has 1 aromatic carbocycles. The van der Waals surface area contributed by atoms with E-state index in [9.17, 15) is 0 Å². The van der Waals surface area contributed by atoms with Crippen LogP contribution in [0.1, 0.15) is 16.1 Å². The second kappa shape index (κ2) is 5.47. The molecule has 0 aliphatic carbocycles. The lowest BCUT2D eigenvalue weighted by Crippen LogP contribution is -1.88. The van der Waals surface area contributed by atoms with Gasteiger partial charge in [0.15, 0.2) is 5.82 Å². The smallest absolute Gasteiger partial charge is 0.181 e. The van der Waals surface area contributed by atoms with Gasteiger partial charge in [0.2, 0.25) is 4.96 Å². The molecular weight excluding hydrogens is 312 g/mol. The van der Waals surface area contributed by atoms with E-state index in [0.717, 1.165) is 26.2 Å². The first kappa shape index (κ1) is 13.4. The summed E-state index contributed by atoms with van der Waals surface area (Å²) in [6.45, 7) is 2.09. The van der Waals surface area contributed by atoms with Gasteiger partial charge in [-0.2, -0.15) is 9.61 Å². The molecule has 0 saturated carbocycles. The van der Waals surface area contributed by atoms with Crippen LogP contribution in [0.4, 0.5) is 0 Å². The quantitative estimate of drug-likeness (QED) is 0.561. The molecule has 3 aromatic heterocycles. The number of rotatable bonds is 3. The summed E-state index contributed by atoms with van der Waals surface area (Å²) in [6.07, 6.45) is 4.08. The predicted molar refractivity (Wildman–Crippen MR) is 92.1 cm³/mol. The highest BCUT2D eigenvalue weighted by Crippen LogP contribution is 2.25. The van der Waals surface area contributed by atoms with Gasteiger partial charge in [-0.1, -0.05) is 53.3 Å². The van der Waals surface area contributed by atoms with Gasteiger partial charge in [0, 0.05) is 0 Å². The van der Waals surface area contributed by atoms with Crippen LogP contribution >= 0.6 is 22.7 Å². The summed E-state index contributed by atoms with van der Waals surface area (Å²) in [7, 11) is 0. The predicted octanol–water partition coefficient (Wildman–Crippen LogP) is 4.39. The van der Waals surface area contributed by atoms with Crippen LogP contribution in [-0.4, -0.2) is 19.8 Å². The maximum absolute atomic E-state index is 4.59. The summed E-state index contributed by atoms with van der Waals surface area (Å²) in [5, 5.41) is 16.0. The third-order valence-electron chi connectivity index (χ3n) is 3.24. The Labute approximate surface area is 135 Å². The number of nitrogens with zero attached hydrogens (tertiary/aromatic N) is 4. The molecule has 0 atom stereocenters. The van der Waals surface area contributed by atoms with Crippen LogP contribution in [0.5, 0.6) is 0 Å². The fraction of sp³-hybridized carbons (Fsp3) is 0.0625. The van der Waals surface area contributed by atoms with Gasteiger partial charge in [-0.15, -0.1) is 21.5 Å². The van der Waals surface area contributed by atoms with Crippen molar-refractivity contribution in [2.45, 2.75) is 6.92 Å². The van der Waals surface area contributed by atoms with E-state index in [-0.39, 0.29) is 0 Å². The summed E-state index contributed by atoms with van der Waals surface area (Å²) in [6, 6.07) is 12.4. The average Bonchev–Trinajstić information content (AvgIpc) is 3.22. The topological polar surface area (TPSA) is 43.1 Å². The highest BCUT2D eigenvalue weighted by Gasteiger charge is 2.12. The van der Waals surface area contributed by atoms with Gasteiger partial charge in [0.05, 0.1) is 4.88 Å². The monoisotopic (exact) mass is 324 g/mol. The molecule has 3 heterocycles. The molecule has 22 heavy (non-hydrogen) atoms. The van der Waals surface area contributed by atoms with Crippen molar-refractivity contribution in [1.29, 1.82) is 0 Å². The van der Waals surface area contributed by atoms with E-state index in [4.69, 9.17) is 0 Å². The molecule has 0 bridgehead atoms. The van der Waals surface area contributed by atoms with Crippen molar-refractivity contribution in [3.05, 3.63) is 57.9 Å². The minimum absolute atomic E-state index is 0.802. The first-order valence-corrected chi connectivity index (χ1v) is 8.50. The van der Waals surface area contributed by atoms with E-state index in [1.807, 2.05) is 28.1 Å². The van der Waals surface area contributed by atoms with Crippen LogP contribution in [0.3, 0.4) is 0 Å². The Morgan fingerprint density at radius 3 is 2.68 bits per heavy atom. The van der Waals surface area contributed by atoms with E-state index in [0.29, 0.717) is 0 Å². The van der Waals surface area contributed by atoms with Gasteiger partial charge < -0.3 is 0 Å². The van der Waals surface area contributed by atoms with Crippen molar-refractivity contribution in [2.75, 3.05) is 0 Å². The lowest BCUT2D eigenvalue weighted by Gasteiger charge is -1.93. The molecule has 0 saturated heterocycles. The zero-order valence-electron chi connectivity index (χ0n) is 11.8. The van der Waals surface area contributed by atoms with Crippen LogP contribution in [0.15, 0.2) is 41.8 Å². The fourth-order valence-electron chi connectivity index (χ4n) is 2.10. The van der Waals surface area contributed by atoms with Gasteiger partial charge in [-0.05, 0) is 30.0 Å². The average molecular weight is 324 g/mol. The Kier molecular flexibility index (Phi) is 3.32. The minimum atomic E-state index is 0.802. The van der Waals surface area contributed by atoms with E-state index >= 15 is 0 Å². The number of benzene rings is 1. The Balaban J connectivity index is 1.67. The lowest BCUT2D eigenvalue weighted by atomic mass is 10.1. The molecule has 6 heteroatoms. The third kappa shape index (κ3) is 2.47. The van der Waals surface area contributed by atoms with Crippen LogP contribution in [0.25, 0.3) is 27.8 Å². The Morgan fingerprint density at radius 1 is 1.05 bits per heavy atom. The molecule has 0 N–H and O–H groups in total. The standard InChI is InChI=1S/C16H12N4S2/c1-11-4-6-12(7-5-11)8-9-14-19-20-15(13-3-2-10-21-13)17-18-16(20)22-14/h2-10H,1H3/b9-8+. The van der Waals surface area contributed by atoms with E-state index < -0.39 is 0 Å². The Morgan fingerprint density at radius 2 is 1.91 bits per heavy atom. The number of hydrogen-bond donors (Lipinski definition) is 0. The second-order valence-corrected chi connectivity index (χ2v) is 6.81. The number of aryl methyl sites for hydroxylation is 1. The maximum atomic E-state index is 4.59. The molecule has 0 amide bonds. The first-order chi connectivity index (χ1) is 10.8. The molecule has 0 aliphatic rings. The first-order valence-electron chi connectivity index (χ1n) is 6.80. The van der Waals surface area contributed by atoms with Crippen molar-refractivity contribution < 1.29 is 0 Å². The van der Waals surface area contributed by atoms with Crippen molar-refractivity contribution in [3.63, 3.8) is 0 Å². The molecule has 0 aliphatic heterocycles. The van der Waals surface area contributed by atoms with Crippen molar-refractivity contribution >= 4 is 39.8 Å². The summed E-state index contributed by atoms with van der Waals surface area (Å²) in [5.41, 5.74) is 2.42. The van der Waals surface area contributed by atoms with Crippen molar-refractivity contribution in [3.8, 4) is 10.7 Å². The number of aromatic nitrogens is 4. The van der Waals surface area contributed by atoms with E-state index in [2.05, 4.69) is 52.6 Å². The highest BCUT2D eigenvalue weighted by atomic mass is 32.1. The number of thiophene rings is 1. The molecule has 4 nitrogen and oxygen atoms in total. The lowest BCUT2D eigenvalue weighted by molar-refractivity contribution is 0.963. The van der Waals surface area contributed by atoms with E-state index in [1.165, 1.54) is 16.9 Å². The zero-order valence-corrected chi connectivity index (χ0v) is 13.4. The maximum Gasteiger partial charge on any atom is 0.235 e. The molecule has 108 valence electrons. The largest absolute Gasteiger partial charge is 0.235 e. The third-order valence-corrected chi connectivity index (χ3v) is 4.97. The molecular formula is C16H12N4S2. The Hall–Kier alpha value is -2.31. The molecule has 4 rings (SSSR count). The number of fused-ring (bicyclic) bond motifs is 1. The van der Waals surface area contributed by atoms with Gasteiger partial charge in [-0.25, -0.2) is 0 Å². The molecule has 4 aromatic rings. The molecule has 0 unspecified atom stereocenters. The summed E-state index contributed by atoms with van der Waals surface area (Å²) >= 11 is 3.17. The van der Waals surface area contributed by atoms with Crippen molar-refractivity contribution in [1.82, 2.24) is 19.8 Å².